The number of hydrogen-bond donors (Lipinski definition) is 4. The number of rotatable bonds is 3. The molecule has 6 nitrogen and oxygen atoms in total. The highest BCUT2D eigenvalue weighted by Gasteiger charge is 2.15. The third kappa shape index (κ3) is 3.11. The van der Waals surface area contributed by atoms with Crippen molar-refractivity contribution in [3.05, 3.63) is 53.1 Å². The Balaban J connectivity index is 2.35. The number of aromatic hydroxyl groups is 1. The Hall–Kier alpha value is -3.02. The lowest BCUT2D eigenvalue weighted by atomic mass is 10.1. The summed E-state index contributed by atoms with van der Waals surface area (Å²) in [6.07, 6.45) is 0. The maximum absolute atomic E-state index is 12.2. The van der Waals surface area contributed by atoms with E-state index in [9.17, 15) is 14.7 Å². The summed E-state index contributed by atoms with van der Waals surface area (Å²) >= 11 is 0. The summed E-state index contributed by atoms with van der Waals surface area (Å²) in [6, 6.07) is 8.47. The summed E-state index contributed by atoms with van der Waals surface area (Å²) < 4.78 is 0. The van der Waals surface area contributed by atoms with Crippen molar-refractivity contribution in [1.29, 1.82) is 0 Å². The smallest absolute Gasteiger partial charge is 0.337 e. The molecule has 0 bridgehead atoms. The van der Waals surface area contributed by atoms with E-state index >= 15 is 0 Å². The molecular weight excluding hydrogens is 272 g/mol. The molecule has 0 heterocycles. The van der Waals surface area contributed by atoms with Crippen LogP contribution >= 0.6 is 0 Å². The first-order valence-corrected chi connectivity index (χ1v) is 6.12. The highest BCUT2D eigenvalue weighted by atomic mass is 16.4. The molecule has 2 rings (SSSR count). The van der Waals surface area contributed by atoms with Crippen LogP contribution in [0.1, 0.15) is 26.3 Å². The predicted octanol–water partition coefficient (Wildman–Crippen LogP) is 2.23. The number of nitrogens with one attached hydrogen (secondary N) is 1. The van der Waals surface area contributed by atoms with Crippen LogP contribution < -0.4 is 11.1 Å². The number of aryl methyl sites for hydroxylation is 1. The third-order valence-electron chi connectivity index (χ3n) is 2.98. The molecule has 0 aromatic heterocycles. The number of carbonyl (C=O) groups is 2. The van der Waals surface area contributed by atoms with Gasteiger partial charge in [-0.05, 0) is 48.9 Å². The van der Waals surface area contributed by atoms with Crippen LogP contribution in [-0.2, 0) is 0 Å². The number of benzene rings is 2. The minimum Gasteiger partial charge on any atom is -0.508 e. The number of anilines is 2. The van der Waals surface area contributed by atoms with E-state index in [1.54, 1.807) is 6.92 Å². The number of carboxylic acids is 1. The highest BCUT2D eigenvalue weighted by molar-refractivity contribution is 6.08. The molecule has 2 aromatic rings. The van der Waals surface area contributed by atoms with Crippen LogP contribution in [0.3, 0.4) is 0 Å². The highest BCUT2D eigenvalue weighted by Crippen LogP contribution is 2.22. The average molecular weight is 286 g/mol. The minimum atomic E-state index is -1.16. The Labute approximate surface area is 120 Å². The van der Waals surface area contributed by atoms with Crippen molar-refractivity contribution >= 4 is 23.3 Å². The maximum atomic E-state index is 12.2. The number of nitrogen functional groups attached to an aromatic ring is 1. The first kappa shape index (κ1) is 14.4. The van der Waals surface area contributed by atoms with Crippen molar-refractivity contribution in [2.45, 2.75) is 6.92 Å². The summed E-state index contributed by atoms with van der Waals surface area (Å²) in [5, 5.41) is 21.0. The second-order valence-electron chi connectivity index (χ2n) is 4.56. The predicted molar refractivity (Wildman–Crippen MR) is 78.6 cm³/mol. The molecule has 21 heavy (non-hydrogen) atoms. The first-order chi connectivity index (χ1) is 9.88. The lowest BCUT2D eigenvalue weighted by molar-refractivity contribution is 0.0698. The molecule has 0 saturated carbocycles. The van der Waals surface area contributed by atoms with Gasteiger partial charge in [0.05, 0.1) is 11.3 Å². The van der Waals surface area contributed by atoms with Crippen molar-refractivity contribution in [2.24, 2.45) is 0 Å². The van der Waals surface area contributed by atoms with Gasteiger partial charge in [-0.15, -0.1) is 0 Å². The Morgan fingerprint density at radius 2 is 1.76 bits per heavy atom. The van der Waals surface area contributed by atoms with E-state index < -0.39 is 11.9 Å². The SMILES string of the molecule is Cc1cc(O)ccc1C(=O)Nc1cc(N)ccc1C(=O)O. The topological polar surface area (TPSA) is 113 Å². The van der Waals surface area contributed by atoms with E-state index in [4.69, 9.17) is 10.8 Å². The number of amides is 1. The van der Waals surface area contributed by atoms with Gasteiger partial charge in [-0.2, -0.15) is 0 Å². The number of phenols is 1. The quantitative estimate of drug-likeness (QED) is 0.646. The van der Waals surface area contributed by atoms with Crippen molar-refractivity contribution in [2.75, 3.05) is 11.1 Å². The van der Waals surface area contributed by atoms with Crippen LogP contribution in [0.5, 0.6) is 5.75 Å². The van der Waals surface area contributed by atoms with Gasteiger partial charge >= 0.3 is 5.97 Å². The molecule has 0 atom stereocenters. The lowest BCUT2D eigenvalue weighted by Crippen LogP contribution is -2.16. The van der Waals surface area contributed by atoms with Gasteiger partial charge in [-0.3, -0.25) is 4.79 Å². The molecule has 1 amide bonds. The zero-order chi connectivity index (χ0) is 15.6. The fraction of sp³-hybridized carbons (Fsp3) is 0.0667. The standard InChI is InChI=1S/C15H14N2O4/c1-8-6-10(18)3-5-11(8)14(19)17-13-7-9(16)2-4-12(13)15(20)21/h2-7,18H,16H2,1H3,(H,17,19)(H,20,21). The van der Waals surface area contributed by atoms with Gasteiger partial charge in [0, 0.05) is 11.3 Å². The number of nitrogens with two attached hydrogens (primary N) is 1. The molecular formula is C15H14N2O4. The summed E-state index contributed by atoms with van der Waals surface area (Å²) in [4.78, 5) is 23.3. The van der Waals surface area contributed by atoms with Crippen molar-refractivity contribution in [3.8, 4) is 5.75 Å². The lowest BCUT2D eigenvalue weighted by Gasteiger charge is -2.11. The van der Waals surface area contributed by atoms with E-state index in [2.05, 4.69) is 5.32 Å². The number of phenolic OH excluding ortho intramolecular Hbond substituents is 1. The molecule has 0 saturated heterocycles. The van der Waals surface area contributed by atoms with Gasteiger partial charge in [0.25, 0.3) is 5.91 Å². The van der Waals surface area contributed by atoms with E-state index in [1.165, 1.54) is 36.4 Å². The Morgan fingerprint density at radius 3 is 2.38 bits per heavy atom. The van der Waals surface area contributed by atoms with E-state index in [1.807, 2.05) is 0 Å². The van der Waals surface area contributed by atoms with Crippen molar-refractivity contribution in [3.63, 3.8) is 0 Å². The second kappa shape index (κ2) is 5.54. The molecule has 6 heteroatoms. The number of carboxylic acid groups (broad SMARTS) is 1. The van der Waals surface area contributed by atoms with Crippen LogP contribution in [0.2, 0.25) is 0 Å². The maximum Gasteiger partial charge on any atom is 0.337 e. The third-order valence-corrected chi connectivity index (χ3v) is 2.98. The summed E-state index contributed by atoms with van der Waals surface area (Å²) in [5.41, 5.74) is 6.95. The molecule has 5 N–H and O–H groups in total. The molecule has 0 aliphatic rings. The van der Waals surface area contributed by atoms with Crippen molar-refractivity contribution in [1.82, 2.24) is 0 Å². The average Bonchev–Trinajstić information content (AvgIpc) is 2.37. The second-order valence-corrected chi connectivity index (χ2v) is 4.56. The molecule has 0 aliphatic heterocycles. The van der Waals surface area contributed by atoms with E-state index in [0.29, 0.717) is 16.8 Å². The Morgan fingerprint density at radius 1 is 1.10 bits per heavy atom. The zero-order valence-electron chi connectivity index (χ0n) is 11.3. The van der Waals surface area contributed by atoms with Gasteiger partial charge in [0.1, 0.15) is 5.75 Å². The molecule has 0 spiro atoms. The molecule has 0 unspecified atom stereocenters. The first-order valence-electron chi connectivity index (χ1n) is 6.12. The zero-order valence-corrected chi connectivity index (χ0v) is 11.3. The van der Waals surface area contributed by atoms with Gasteiger partial charge in [0.2, 0.25) is 0 Å². The molecule has 0 radical (unpaired) electrons. The van der Waals surface area contributed by atoms with Crippen LogP contribution in [0, 0.1) is 6.92 Å². The van der Waals surface area contributed by atoms with Crippen LogP contribution in [0.25, 0.3) is 0 Å². The normalized spacial score (nSPS) is 10.1. The largest absolute Gasteiger partial charge is 0.508 e. The fourth-order valence-electron chi connectivity index (χ4n) is 1.94. The van der Waals surface area contributed by atoms with Crippen LogP contribution in [0.15, 0.2) is 36.4 Å². The van der Waals surface area contributed by atoms with E-state index in [0.717, 1.165) is 0 Å². The molecule has 108 valence electrons. The summed E-state index contributed by atoms with van der Waals surface area (Å²) in [7, 11) is 0. The molecule has 0 fully saturated rings. The van der Waals surface area contributed by atoms with Crippen molar-refractivity contribution < 1.29 is 19.8 Å². The number of hydrogen-bond acceptors (Lipinski definition) is 4. The minimum absolute atomic E-state index is 0.0472. The Bertz CT molecular complexity index is 726. The fourth-order valence-corrected chi connectivity index (χ4v) is 1.94. The van der Waals surface area contributed by atoms with Crippen LogP contribution in [0.4, 0.5) is 11.4 Å². The molecule has 2 aromatic carbocycles. The van der Waals surface area contributed by atoms with Gasteiger partial charge < -0.3 is 21.3 Å². The number of carbonyl (C=O) groups excluding carboxylic acids is 1. The monoisotopic (exact) mass is 286 g/mol. The van der Waals surface area contributed by atoms with Gasteiger partial charge in [0.15, 0.2) is 0 Å². The number of aromatic carboxylic acids is 1. The van der Waals surface area contributed by atoms with Crippen LogP contribution in [-0.4, -0.2) is 22.1 Å². The molecule has 0 aliphatic carbocycles. The van der Waals surface area contributed by atoms with Gasteiger partial charge in [-0.1, -0.05) is 0 Å². The summed E-state index contributed by atoms with van der Waals surface area (Å²) in [5.74, 6) is -1.58. The summed E-state index contributed by atoms with van der Waals surface area (Å²) in [6.45, 7) is 1.67. The Kier molecular flexibility index (Phi) is 3.80. The van der Waals surface area contributed by atoms with E-state index in [-0.39, 0.29) is 17.0 Å². The van der Waals surface area contributed by atoms with Gasteiger partial charge in [-0.25, -0.2) is 4.79 Å².